The summed E-state index contributed by atoms with van der Waals surface area (Å²) >= 11 is 0. The maximum atomic E-state index is 11.8. The molecule has 3 aromatic rings. The molecule has 2 heterocycles. The minimum Gasteiger partial charge on any atom is -0.446 e. The predicted octanol–water partition coefficient (Wildman–Crippen LogP) is 3.73. The zero-order valence-electron chi connectivity index (χ0n) is 12.5. The van der Waals surface area contributed by atoms with Crippen LogP contribution in [0.3, 0.4) is 0 Å². The van der Waals surface area contributed by atoms with Crippen LogP contribution in [0.5, 0.6) is 0 Å². The number of carbonyl (C=O) groups excluding carboxylic acids is 1. The van der Waals surface area contributed by atoms with Crippen LogP contribution in [0.15, 0.2) is 42.6 Å². The van der Waals surface area contributed by atoms with Crippen molar-refractivity contribution in [3.63, 3.8) is 0 Å². The van der Waals surface area contributed by atoms with Crippen molar-refractivity contribution >= 4 is 22.9 Å². The van der Waals surface area contributed by atoms with E-state index in [-0.39, 0.29) is 6.10 Å². The third kappa shape index (κ3) is 2.88. The van der Waals surface area contributed by atoms with E-state index in [4.69, 9.17) is 4.74 Å². The molecule has 0 saturated heterocycles. The van der Waals surface area contributed by atoms with E-state index in [0.717, 1.165) is 36.2 Å². The van der Waals surface area contributed by atoms with Crippen LogP contribution in [0.4, 0.5) is 10.5 Å². The zero-order chi connectivity index (χ0) is 15.6. The van der Waals surface area contributed by atoms with E-state index in [1.54, 1.807) is 6.20 Å². The second-order valence-electron chi connectivity index (χ2n) is 5.63. The summed E-state index contributed by atoms with van der Waals surface area (Å²) in [6, 6.07) is 11.6. The van der Waals surface area contributed by atoms with Crippen LogP contribution < -0.4 is 5.32 Å². The van der Waals surface area contributed by atoms with Gasteiger partial charge in [0.15, 0.2) is 5.65 Å². The van der Waals surface area contributed by atoms with E-state index in [1.165, 1.54) is 0 Å². The zero-order valence-corrected chi connectivity index (χ0v) is 12.5. The van der Waals surface area contributed by atoms with Gasteiger partial charge < -0.3 is 9.72 Å². The molecule has 6 nitrogen and oxygen atoms in total. The molecule has 0 spiro atoms. The highest BCUT2D eigenvalue weighted by Gasteiger charge is 2.21. The maximum absolute atomic E-state index is 11.8. The minimum absolute atomic E-state index is 0.0588. The van der Waals surface area contributed by atoms with E-state index in [2.05, 4.69) is 20.3 Å². The summed E-state index contributed by atoms with van der Waals surface area (Å²) in [5, 5.41) is 2.71. The van der Waals surface area contributed by atoms with E-state index in [1.807, 2.05) is 36.4 Å². The predicted molar refractivity (Wildman–Crippen MR) is 87.1 cm³/mol. The number of nitrogens with one attached hydrogen (secondary N) is 2. The lowest BCUT2D eigenvalue weighted by atomic mass is 9.96. The molecule has 116 valence electrons. The molecule has 0 atom stereocenters. The van der Waals surface area contributed by atoms with Gasteiger partial charge in [-0.25, -0.2) is 14.8 Å². The number of aromatic amines is 1. The van der Waals surface area contributed by atoms with Crippen LogP contribution in [0.25, 0.3) is 22.6 Å². The molecular formula is C17H16N4O2. The third-order valence-electron chi connectivity index (χ3n) is 3.96. The summed E-state index contributed by atoms with van der Waals surface area (Å²) in [7, 11) is 0. The van der Waals surface area contributed by atoms with Gasteiger partial charge in [0.1, 0.15) is 11.9 Å². The number of pyridine rings is 1. The number of hydrogen-bond donors (Lipinski definition) is 2. The Hall–Kier alpha value is -2.89. The van der Waals surface area contributed by atoms with Gasteiger partial charge >= 0.3 is 6.09 Å². The fourth-order valence-corrected chi connectivity index (χ4v) is 2.49. The molecule has 1 aliphatic carbocycles. The fraction of sp³-hybridized carbons (Fsp3) is 0.235. The van der Waals surface area contributed by atoms with E-state index < -0.39 is 6.09 Å². The minimum atomic E-state index is -0.432. The Morgan fingerprint density at radius 2 is 2.09 bits per heavy atom. The monoisotopic (exact) mass is 308 g/mol. The van der Waals surface area contributed by atoms with Crippen molar-refractivity contribution in [3.8, 4) is 11.4 Å². The van der Waals surface area contributed by atoms with E-state index in [0.29, 0.717) is 11.3 Å². The normalized spacial score (nSPS) is 14.4. The number of imidazole rings is 1. The number of benzene rings is 1. The quantitative estimate of drug-likeness (QED) is 0.772. The van der Waals surface area contributed by atoms with Gasteiger partial charge in [-0.15, -0.1) is 0 Å². The van der Waals surface area contributed by atoms with Crippen molar-refractivity contribution < 1.29 is 9.53 Å². The number of amides is 1. The Morgan fingerprint density at radius 3 is 2.83 bits per heavy atom. The summed E-state index contributed by atoms with van der Waals surface area (Å²) in [5.41, 5.74) is 2.96. The lowest BCUT2D eigenvalue weighted by Crippen LogP contribution is -2.27. The van der Waals surface area contributed by atoms with Crippen LogP contribution in [0.1, 0.15) is 19.3 Å². The number of hydrogen-bond acceptors (Lipinski definition) is 4. The maximum Gasteiger partial charge on any atom is 0.411 e. The molecule has 1 aromatic carbocycles. The van der Waals surface area contributed by atoms with Gasteiger partial charge in [0, 0.05) is 5.56 Å². The van der Waals surface area contributed by atoms with Gasteiger partial charge in [-0.05, 0) is 25.3 Å². The van der Waals surface area contributed by atoms with Crippen molar-refractivity contribution in [2.75, 3.05) is 5.32 Å². The summed E-state index contributed by atoms with van der Waals surface area (Å²) < 4.78 is 5.27. The van der Waals surface area contributed by atoms with Crippen LogP contribution >= 0.6 is 0 Å². The van der Waals surface area contributed by atoms with Gasteiger partial charge in [-0.2, -0.15) is 0 Å². The molecule has 2 N–H and O–H groups in total. The number of anilines is 1. The molecular weight excluding hydrogens is 292 g/mol. The standard InChI is InChI=1S/C17H16N4O2/c22-17(23-13-7-4-8-13)19-12-9-14-16(18-10-12)21-15(20-14)11-5-2-1-3-6-11/h1-3,5-6,9-10,13H,4,7-8H2,(H,19,22)(H,18,20,21). The summed E-state index contributed by atoms with van der Waals surface area (Å²) in [6.45, 7) is 0. The highest BCUT2D eigenvalue weighted by molar-refractivity contribution is 5.88. The highest BCUT2D eigenvalue weighted by Crippen LogP contribution is 2.23. The van der Waals surface area contributed by atoms with Crippen LogP contribution in [0, 0.1) is 0 Å². The summed E-state index contributed by atoms with van der Waals surface area (Å²) in [4.78, 5) is 23.8. The molecule has 1 amide bonds. The van der Waals surface area contributed by atoms with Gasteiger partial charge in [-0.3, -0.25) is 5.32 Å². The van der Waals surface area contributed by atoms with Crippen LogP contribution in [-0.2, 0) is 4.74 Å². The van der Waals surface area contributed by atoms with Gasteiger partial charge in [0.05, 0.1) is 17.4 Å². The number of fused-ring (bicyclic) bond motifs is 1. The Morgan fingerprint density at radius 1 is 1.26 bits per heavy atom. The fourth-order valence-electron chi connectivity index (χ4n) is 2.49. The lowest BCUT2D eigenvalue weighted by molar-refractivity contribution is 0.0624. The molecule has 2 aromatic heterocycles. The van der Waals surface area contributed by atoms with Gasteiger partial charge in [0.2, 0.25) is 0 Å². The van der Waals surface area contributed by atoms with Crippen molar-refractivity contribution in [1.82, 2.24) is 15.0 Å². The highest BCUT2D eigenvalue weighted by atomic mass is 16.6. The molecule has 0 aliphatic heterocycles. The molecule has 1 fully saturated rings. The summed E-state index contributed by atoms with van der Waals surface area (Å²) in [5.74, 6) is 0.752. The average molecular weight is 308 g/mol. The van der Waals surface area contributed by atoms with Gasteiger partial charge in [-0.1, -0.05) is 30.3 Å². The number of nitrogens with zero attached hydrogens (tertiary/aromatic N) is 2. The first-order chi connectivity index (χ1) is 11.3. The third-order valence-corrected chi connectivity index (χ3v) is 3.96. The van der Waals surface area contributed by atoms with Gasteiger partial charge in [0.25, 0.3) is 0 Å². The number of rotatable bonds is 3. The molecule has 0 bridgehead atoms. The molecule has 1 saturated carbocycles. The largest absolute Gasteiger partial charge is 0.446 e. The first-order valence-electron chi connectivity index (χ1n) is 7.67. The number of ether oxygens (including phenoxy) is 1. The van der Waals surface area contributed by atoms with Crippen LogP contribution in [0.2, 0.25) is 0 Å². The smallest absolute Gasteiger partial charge is 0.411 e. The van der Waals surface area contributed by atoms with E-state index in [9.17, 15) is 4.79 Å². The number of H-pyrrole nitrogens is 1. The van der Waals surface area contributed by atoms with Crippen molar-refractivity contribution in [1.29, 1.82) is 0 Å². The molecule has 0 radical (unpaired) electrons. The average Bonchev–Trinajstić information content (AvgIpc) is 2.95. The Balaban J connectivity index is 1.54. The summed E-state index contributed by atoms with van der Waals surface area (Å²) in [6.07, 6.45) is 4.24. The lowest BCUT2D eigenvalue weighted by Gasteiger charge is -2.25. The second kappa shape index (κ2) is 5.72. The first-order valence-corrected chi connectivity index (χ1v) is 7.67. The second-order valence-corrected chi connectivity index (χ2v) is 5.63. The Kier molecular flexibility index (Phi) is 3.42. The van der Waals surface area contributed by atoms with Crippen LogP contribution in [-0.4, -0.2) is 27.1 Å². The number of carbonyl (C=O) groups is 1. The Bertz CT molecular complexity index is 840. The Labute approximate surface area is 132 Å². The molecule has 23 heavy (non-hydrogen) atoms. The molecule has 4 rings (SSSR count). The SMILES string of the molecule is O=C(Nc1cnc2nc(-c3ccccc3)[nH]c2c1)OC1CCC1. The van der Waals surface area contributed by atoms with Crippen molar-refractivity contribution in [3.05, 3.63) is 42.6 Å². The molecule has 0 unspecified atom stereocenters. The topological polar surface area (TPSA) is 79.9 Å². The first kappa shape index (κ1) is 13.8. The van der Waals surface area contributed by atoms with E-state index >= 15 is 0 Å². The molecule has 1 aliphatic rings. The molecule has 6 heteroatoms. The van der Waals surface area contributed by atoms with Crippen molar-refractivity contribution in [2.24, 2.45) is 0 Å². The number of aromatic nitrogens is 3. The van der Waals surface area contributed by atoms with Crippen molar-refractivity contribution in [2.45, 2.75) is 25.4 Å².